The Balaban J connectivity index is 1.93. The maximum atomic E-state index is 10.8. The normalized spacial score (nSPS) is 11.5. The Morgan fingerprint density at radius 3 is 2.77 bits per heavy atom. The van der Waals surface area contributed by atoms with Crippen molar-refractivity contribution in [2.24, 2.45) is 0 Å². The lowest BCUT2D eigenvalue weighted by Gasteiger charge is -2.09. The van der Waals surface area contributed by atoms with Crippen LogP contribution in [-0.4, -0.2) is 24.8 Å². The van der Waals surface area contributed by atoms with Gasteiger partial charge in [-0.3, -0.25) is 0 Å². The van der Waals surface area contributed by atoms with E-state index in [-0.39, 0.29) is 5.76 Å². The molecule has 0 aliphatic carbocycles. The fraction of sp³-hybridized carbons (Fsp3) is 0.250. The summed E-state index contributed by atoms with van der Waals surface area (Å²) >= 11 is 0. The minimum absolute atomic E-state index is 0.177. The number of carboxylic acids is 1. The first-order valence-corrected chi connectivity index (χ1v) is 6.63. The molecule has 0 saturated heterocycles. The van der Waals surface area contributed by atoms with Crippen molar-refractivity contribution in [2.45, 2.75) is 12.3 Å². The monoisotopic (exact) mass is 301 g/mol. The number of hydrogen-bond donors (Lipinski definition) is 1. The van der Waals surface area contributed by atoms with E-state index in [0.29, 0.717) is 30.3 Å². The van der Waals surface area contributed by atoms with E-state index in [0.717, 1.165) is 0 Å². The van der Waals surface area contributed by atoms with Gasteiger partial charge in [0.1, 0.15) is 23.2 Å². The molecular formula is C16H15NO5. The van der Waals surface area contributed by atoms with Crippen molar-refractivity contribution < 1.29 is 23.8 Å². The van der Waals surface area contributed by atoms with Gasteiger partial charge in [0.25, 0.3) is 0 Å². The summed E-state index contributed by atoms with van der Waals surface area (Å²) in [4.78, 5) is 10.8. The Hall–Kier alpha value is -2.94. The van der Waals surface area contributed by atoms with Gasteiger partial charge in [-0.1, -0.05) is 6.07 Å². The highest BCUT2D eigenvalue weighted by Crippen LogP contribution is 2.23. The fourth-order valence-electron chi connectivity index (χ4n) is 1.91. The zero-order chi connectivity index (χ0) is 15.9. The lowest BCUT2D eigenvalue weighted by atomic mass is 10.1. The van der Waals surface area contributed by atoms with Crippen molar-refractivity contribution >= 4 is 5.97 Å². The third-order valence-corrected chi connectivity index (χ3v) is 3.05. The van der Waals surface area contributed by atoms with Gasteiger partial charge in [0.2, 0.25) is 5.76 Å². The molecule has 1 N–H and O–H groups in total. The molecule has 0 aliphatic rings. The molecule has 0 bridgehead atoms. The number of aromatic carboxylic acids is 1. The summed E-state index contributed by atoms with van der Waals surface area (Å²) in [6, 6.07) is 12.1. The van der Waals surface area contributed by atoms with E-state index < -0.39 is 11.9 Å². The highest BCUT2D eigenvalue weighted by atomic mass is 16.5. The van der Waals surface area contributed by atoms with Gasteiger partial charge in [0.15, 0.2) is 0 Å². The number of benzene rings is 1. The van der Waals surface area contributed by atoms with Crippen LogP contribution >= 0.6 is 0 Å². The van der Waals surface area contributed by atoms with Gasteiger partial charge in [-0.2, -0.15) is 5.26 Å². The Bertz CT molecular complexity index is 686. The number of hydrogen-bond acceptors (Lipinski definition) is 5. The standard InChI is InChI=1S/C16H15NO5/c1-20-12-3-2-4-13(9-12)21-8-7-11(10-17)14-5-6-15(22-14)16(18)19/h2-6,9,11H,7-8H2,1H3,(H,18,19). The van der Waals surface area contributed by atoms with Gasteiger partial charge in [-0.15, -0.1) is 0 Å². The molecule has 2 aromatic rings. The van der Waals surface area contributed by atoms with Gasteiger partial charge in [-0.25, -0.2) is 4.79 Å². The molecule has 1 aromatic heterocycles. The first kappa shape index (κ1) is 15.4. The molecular weight excluding hydrogens is 286 g/mol. The van der Waals surface area contributed by atoms with E-state index in [1.807, 2.05) is 6.07 Å². The predicted molar refractivity (Wildman–Crippen MR) is 77.1 cm³/mol. The molecule has 6 heteroatoms. The van der Waals surface area contributed by atoms with Gasteiger partial charge in [0, 0.05) is 12.5 Å². The summed E-state index contributed by atoms with van der Waals surface area (Å²) in [5.74, 6) is -0.236. The number of nitrogens with zero attached hydrogens (tertiary/aromatic N) is 1. The van der Waals surface area contributed by atoms with Crippen molar-refractivity contribution in [1.82, 2.24) is 0 Å². The molecule has 22 heavy (non-hydrogen) atoms. The van der Waals surface area contributed by atoms with E-state index in [1.54, 1.807) is 25.3 Å². The van der Waals surface area contributed by atoms with Crippen LogP contribution in [0, 0.1) is 11.3 Å². The highest BCUT2D eigenvalue weighted by molar-refractivity contribution is 5.84. The summed E-state index contributed by atoms with van der Waals surface area (Å²) in [6.45, 7) is 0.300. The number of carbonyl (C=O) groups is 1. The van der Waals surface area contributed by atoms with Crippen molar-refractivity contribution in [3.05, 3.63) is 47.9 Å². The zero-order valence-electron chi connectivity index (χ0n) is 12.0. The van der Waals surface area contributed by atoms with Crippen LogP contribution in [0.4, 0.5) is 0 Å². The highest BCUT2D eigenvalue weighted by Gasteiger charge is 2.17. The summed E-state index contributed by atoms with van der Waals surface area (Å²) in [7, 11) is 1.57. The number of carboxylic acid groups (broad SMARTS) is 1. The second kappa shape index (κ2) is 7.18. The molecule has 1 unspecified atom stereocenters. The lowest BCUT2D eigenvalue weighted by Crippen LogP contribution is -2.04. The van der Waals surface area contributed by atoms with Gasteiger partial charge >= 0.3 is 5.97 Å². The average molecular weight is 301 g/mol. The Labute approximate surface area is 127 Å². The second-order valence-electron chi connectivity index (χ2n) is 4.50. The number of methoxy groups -OCH3 is 1. The fourth-order valence-corrected chi connectivity index (χ4v) is 1.91. The molecule has 1 aromatic carbocycles. The van der Waals surface area contributed by atoms with E-state index in [1.165, 1.54) is 12.1 Å². The molecule has 0 spiro atoms. The first-order valence-electron chi connectivity index (χ1n) is 6.63. The van der Waals surface area contributed by atoms with Crippen molar-refractivity contribution in [1.29, 1.82) is 5.26 Å². The Kier molecular flexibility index (Phi) is 5.04. The van der Waals surface area contributed by atoms with Crippen molar-refractivity contribution in [2.75, 3.05) is 13.7 Å². The Morgan fingerprint density at radius 2 is 2.14 bits per heavy atom. The number of rotatable bonds is 7. The molecule has 0 aliphatic heterocycles. The third-order valence-electron chi connectivity index (χ3n) is 3.05. The number of furan rings is 1. The van der Waals surface area contributed by atoms with Gasteiger partial charge in [0.05, 0.1) is 19.8 Å². The lowest BCUT2D eigenvalue weighted by molar-refractivity contribution is 0.0660. The predicted octanol–water partition coefficient (Wildman–Crippen LogP) is 3.06. The van der Waals surface area contributed by atoms with E-state index in [9.17, 15) is 10.1 Å². The van der Waals surface area contributed by atoms with Crippen LogP contribution in [0.5, 0.6) is 11.5 Å². The van der Waals surface area contributed by atoms with Crippen LogP contribution < -0.4 is 9.47 Å². The van der Waals surface area contributed by atoms with Gasteiger partial charge in [-0.05, 0) is 24.3 Å². The summed E-state index contributed by atoms with van der Waals surface area (Å²) in [5, 5.41) is 18.0. The molecule has 2 rings (SSSR count). The third kappa shape index (κ3) is 3.79. The zero-order valence-corrected chi connectivity index (χ0v) is 12.0. The summed E-state index contributed by atoms with van der Waals surface area (Å²) in [6.07, 6.45) is 0.389. The van der Waals surface area contributed by atoms with E-state index in [4.69, 9.17) is 19.0 Å². The largest absolute Gasteiger partial charge is 0.497 e. The van der Waals surface area contributed by atoms with Crippen LogP contribution in [0.2, 0.25) is 0 Å². The quantitative estimate of drug-likeness (QED) is 0.844. The minimum Gasteiger partial charge on any atom is -0.497 e. The SMILES string of the molecule is COc1cccc(OCCC(C#N)c2ccc(C(=O)O)o2)c1. The van der Waals surface area contributed by atoms with Crippen molar-refractivity contribution in [3.63, 3.8) is 0 Å². The maximum Gasteiger partial charge on any atom is 0.371 e. The molecule has 0 amide bonds. The molecule has 0 saturated carbocycles. The van der Waals surface area contributed by atoms with Crippen LogP contribution in [0.25, 0.3) is 0 Å². The van der Waals surface area contributed by atoms with Crippen LogP contribution in [0.15, 0.2) is 40.8 Å². The van der Waals surface area contributed by atoms with E-state index >= 15 is 0 Å². The van der Waals surface area contributed by atoms with Crippen LogP contribution in [0.1, 0.15) is 28.7 Å². The number of ether oxygens (including phenoxy) is 2. The summed E-state index contributed by atoms with van der Waals surface area (Å²) in [5.41, 5.74) is 0. The minimum atomic E-state index is -1.16. The summed E-state index contributed by atoms with van der Waals surface area (Å²) < 4.78 is 15.8. The topological polar surface area (TPSA) is 92.7 Å². The molecule has 0 radical (unpaired) electrons. The smallest absolute Gasteiger partial charge is 0.371 e. The van der Waals surface area contributed by atoms with Crippen LogP contribution in [0.3, 0.4) is 0 Å². The second-order valence-corrected chi connectivity index (χ2v) is 4.50. The molecule has 114 valence electrons. The van der Waals surface area contributed by atoms with Gasteiger partial charge < -0.3 is 19.0 Å². The van der Waals surface area contributed by atoms with Crippen molar-refractivity contribution in [3.8, 4) is 17.6 Å². The maximum absolute atomic E-state index is 10.8. The first-order chi connectivity index (χ1) is 10.6. The molecule has 6 nitrogen and oxygen atoms in total. The molecule has 1 atom stereocenters. The molecule has 1 heterocycles. The van der Waals surface area contributed by atoms with Crippen LogP contribution in [-0.2, 0) is 0 Å². The number of nitriles is 1. The molecule has 0 fully saturated rings. The van der Waals surface area contributed by atoms with E-state index in [2.05, 4.69) is 6.07 Å². The Morgan fingerprint density at radius 1 is 1.36 bits per heavy atom. The average Bonchev–Trinajstić information content (AvgIpc) is 3.02.